The number of carbonyl (C=O) groups excluding carboxylic acids is 2. The van der Waals surface area contributed by atoms with Gasteiger partial charge in [-0.2, -0.15) is 0 Å². The molecule has 0 bridgehead atoms. The molecule has 0 aromatic rings. The van der Waals surface area contributed by atoms with Crippen LogP contribution >= 0.6 is 0 Å². The summed E-state index contributed by atoms with van der Waals surface area (Å²) in [6, 6.07) is 0. The Labute approximate surface area is 123 Å². The lowest BCUT2D eigenvalue weighted by atomic mass is 9.95. The summed E-state index contributed by atoms with van der Waals surface area (Å²) in [5.74, 6) is 0.917. The number of hydrogen-bond acceptors (Lipinski definition) is 2. The predicted octanol–water partition coefficient (Wildman–Crippen LogP) is 2.58. The molecular weight excluding hydrogens is 252 g/mol. The average Bonchev–Trinajstić information content (AvgIpc) is 2.43. The molecule has 4 nitrogen and oxygen atoms in total. The van der Waals surface area contributed by atoms with Gasteiger partial charge in [0.05, 0.1) is 0 Å². The fourth-order valence-electron chi connectivity index (χ4n) is 2.60. The standard InChI is InChI=1S/C16H30N2O2/c1-4-5-6-9-17-16(20)14-7-10-18(11-8-14)15(19)12-13(2)3/h13-14H,4-12H2,1-3H3,(H,17,20). The van der Waals surface area contributed by atoms with Crippen LogP contribution in [0.25, 0.3) is 0 Å². The molecule has 0 saturated carbocycles. The first kappa shape index (κ1) is 17.0. The van der Waals surface area contributed by atoms with Crippen LogP contribution < -0.4 is 5.32 Å². The van der Waals surface area contributed by atoms with Gasteiger partial charge >= 0.3 is 0 Å². The molecule has 1 rings (SSSR count). The number of nitrogens with zero attached hydrogens (tertiary/aromatic N) is 1. The monoisotopic (exact) mass is 282 g/mol. The zero-order valence-electron chi connectivity index (χ0n) is 13.3. The van der Waals surface area contributed by atoms with Gasteiger partial charge in [-0.1, -0.05) is 33.6 Å². The van der Waals surface area contributed by atoms with Gasteiger partial charge in [-0.3, -0.25) is 9.59 Å². The number of nitrogens with one attached hydrogen (secondary N) is 1. The molecule has 1 fully saturated rings. The van der Waals surface area contributed by atoms with Gasteiger partial charge in [0, 0.05) is 32.0 Å². The molecule has 0 aliphatic carbocycles. The maximum absolute atomic E-state index is 12.0. The van der Waals surface area contributed by atoms with Crippen LogP contribution in [-0.2, 0) is 9.59 Å². The second kappa shape index (κ2) is 8.98. The van der Waals surface area contributed by atoms with Crippen molar-refractivity contribution in [2.45, 2.75) is 59.3 Å². The van der Waals surface area contributed by atoms with Crippen LogP contribution in [0.1, 0.15) is 59.3 Å². The van der Waals surface area contributed by atoms with E-state index in [2.05, 4.69) is 26.1 Å². The van der Waals surface area contributed by atoms with Gasteiger partial charge in [0.1, 0.15) is 0 Å². The first-order chi connectivity index (χ1) is 9.54. The minimum atomic E-state index is 0.0970. The lowest BCUT2D eigenvalue weighted by molar-refractivity contribution is -0.136. The van der Waals surface area contributed by atoms with E-state index in [1.54, 1.807) is 0 Å². The maximum atomic E-state index is 12.0. The Morgan fingerprint density at radius 1 is 1.20 bits per heavy atom. The highest BCUT2D eigenvalue weighted by Gasteiger charge is 2.27. The highest BCUT2D eigenvalue weighted by molar-refractivity contribution is 5.80. The summed E-state index contributed by atoms with van der Waals surface area (Å²) in [6.07, 6.45) is 5.64. The number of piperidine rings is 1. The summed E-state index contributed by atoms with van der Waals surface area (Å²) >= 11 is 0. The Morgan fingerprint density at radius 3 is 2.40 bits per heavy atom. The Balaban J connectivity index is 2.24. The van der Waals surface area contributed by atoms with Crippen LogP contribution in [-0.4, -0.2) is 36.3 Å². The lowest BCUT2D eigenvalue weighted by Gasteiger charge is -2.31. The zero-order valence-corrected chi connectivity index (χ0v) is 13.3. The fraction of sp³-hybridized carbons (Fsp3) is 0.875. The SMILES string of the molecule is CCCCCNC(=O)C1CCN(C(=O)CC(C)C)CC1. The summed E-state index contributed by atoms with van der Waals surface area (Å²) in [5.41, 5.74) is 0. The number of amides is 2. The van der Waals surface area contributed by atoms with Crippen LogP contribution in [0.15, 0.2) is 0 Å². The molecule has 1 aliphatic heterocycles. The van der Waals surface area contributed by atoms with E-state index in [4.69, 9.17) is 0 Å². The normalized spacial score (nSPS) is 16.5. The maximum Gasteiger partial charge on any atom is 0.223 e. The lowest BCUT2D eigenvalue weighted by Crippen LogP contribution is -2.43. The second-order valence-corrected chi connectivity index (χ2v) is 6.25. The van der Waals surface area contributed by atoms with E-state index in [0.29, 0.717) is 12.3 Å². The van der Waals surface area contributed by atoms with E-state index < -0.39 is 0 Å². The minimum absolute atomic E-state index is 0.0970. The van der Waals surface area contributed by atoms with E-state index >= 15 is 0 Å². The third kappa shape index (κ3) is 5.93. The van der Waals surface area contributed by atoms with Gasteiger partial charge in [0.15, 0.2) is 0 Å². The number of rotatable bonds is 7. The van der Waals surface area contributed by atoms with Gasteiger partial charge in [-0.25, -0.2) is 0 Å². The van der Waals surface area contributed by atoms with E-state index in [1.165, 1.54) is 12.8 Å². The molecule has 1 aliphatic rings. The molecule has 1 N–H and O–H groups in total. The van der Waals surface area contributed by atoms with Crippen molar-refractivity contribution in [2.75, 3.05) is 19.6 Å². The van der Waals surface area contributed by atoms with E-state index in [9.17, 15) is 9.59 Å². The van der Waals surface area contributed by atoms with Crippen LogP contribution in [0.3, 0.4) is 0 Å². The van der Waals surface area contributed by atoms with Gasteiger partial charge < -0.3 is 10.2 Å². The third-order valence-electron chi connectivity index (χ3n) is 3.88. The molecule has 0 aromatic carbocycles. The first-order valence-corrected chi connectivity index (χ1v) is 8.10. The Morgan fingerprint density at radius 2 is 1.85 bits per heavy atom. The van der Waals surface area contributed by atoms with Gasteiger partial charge in [-0.05, 0) is 25.2 Å². The van der Waals surface area contributed by atoms with Gasteiger partial charge in [0.25, 0.3) is 0 Å². The van der Waals surface area contributed by atoms with Gasteiger partial charge in [-0.15, -0.1) is 0 Å². The molecule has 0 aromatic heterocycles. The van der Waals surface area contributed by atoms with Crippen molar-refractivity contribution in [1.82, 2.24) is 10.2 Å². The van der Waals surface area contributed by atoms with Crippen molar-refractivity contribution in [3.05, 3.63) is 0 Å². The molecule has 4 heteroatoms. The largest absolute Gasteiger partial charge is 0.356 e. The molecule has 0 atom stereocenters. The van der Waals surface area contributed by atoms with Crippen molar-refractivity contribution in [1.29, 1.82) is 0 Å². The number of carbonyl (C=O) groups is 2. The molecular formula is C16H30N2O2. The second-order valence-electron chi connectivity index (χ2n) is 6.25. The van der Waals surface area contributed by atoms with E-state index in [0.717, 1.165) is 38.9 Å². The Hall–Kier alpha value is -1.06. The predicted molar refractivity (Wildman–Crippen MR) is 81.3 cm³/mol. The van der Waals surface area contributed by atoms with Crippen LogP contribution in [0.5, 0.6) is 0 Å². The number of hydrogen-bond donors (Lipinski definition) is 1. The van der Waals surface area contributed by atoms with E-state index in [-0.39, 0.29) is 17.7 Å². The molecule has 20 heavy (non-hydrogen) atoms. The van der Waals surface area contributed by atoms with Crippen LogP contribution in [0.4, 0.5) is 0 Å². The van der Waals surface area contributed by atoms with Crippen molar-refractivity contribution >= 4 is 11.8 Å². The van der Waals surface area contributed by atoms with Gasteiger partial charge in [0.2, 0.25) is 11.8 Å². The molecule has 1 heterocycles. The quantitative estimate of drug-likeness (QED) is 0.730. The van der Waals surface area contributed by atoms with Crippen molar-refractivity contribution < 1.29 is 9.59 Å². The Bertz CT molecular complexity index is 308. The number of unbranched alkanes of at least 4 members (excludes halogenated alkanes) is 2. The molecule has 116 valence electrons. The molecule has 0 unspecified atom stereocenters. The number of likely N-dealkylation sites (tertiary alicyclic amines) is 1. The van der Waals surface area contributed by atoms with Crippen molar-refractivity contribution in [2.24, 2.45) is 11.8 Å². The van der Waals surface area contributed by atoms with E-state index in [1.807, 2.05) is 4.90 Å². The summed E-state index contributed by atoms with van der Waals surface area (Å²) in [4.78, 5) is 25.9. The molecule has 0 radical (unpaired) electrons. The summed E-state index contributed by atoms with van der Waals surface area (Å²) in [5, 5.41) is 3.02. The zero-order chi connectivity index (χ0) is 15.0. The summed E-state index contributed by atoms with van der Waals surface area (Å²) in [7, 11) is 0. The summed E-state index contributed by atoms with van der Waals surface area (Å²) in [6.45, 7) is 8.55. The Kier molecular flexibility index (Phi) is 7.63. The summed E-state index contributed by atoms with van der Waals surface area (Å²) < 4.78 is 0. The topological polar surface area (TPSA) is 49.4 Å². The van der Waals surface area contributed by atoms with Crippen molar-refractivity contribution in [3.8, 4) is 0 Å². The average molecular weight is 282 g/mol. The highest BCUT2D eigenvalue weighted by atomic mass is 16.2. The van der Waals surface area contributed by atoms with Crippen LogP contribution in [0.2, 0.25) is 0 Å². The minimum Gasteiger partial charge on any atom is -0.356 e. The molecule has 2 amide bonds. The highest BCUT2D eigenvalue weighted by Crippen LogP contribution is 2.19. The fourth-order valence-corrected chi connectivity index (χ4v) is 2.60. The smallest absolute Gasteiger partial charge is 0.223 e. The first-order valence-electron chi connectivity index (χ1n) is 8.10. The molecule has 1 saturated heterocycles. The third-order valence-corrected chi connectivity index (χ3v) is 3.88. The molecule has 0 spiro atoms. The van der Waals surface area contributed by atoms with Crippen LogP contribution in [0, 0.1) is 11.8 Å². The van der Waals surface area contributed by atoms with Crippen molar-refractivity contribution in [3.63, 3.8) is 0 Å².